The predicted molar refractivity (Wildman–Crippen MR) is 153 cm³/mol. The van der Waals surface area contributed by atoms with Crippen molar-refractivity contribution in [3.63, 3.8) is 0 Å². The normalized spacial score (nSPS) is 13.8. The number of nitrogens with zero attached hydrogens (tertiary/aromatic N) is 3. The molecule has 4 aromatic rings. The Kier molecular flexibility index (Phi) is 6.94. The van der Waals surface area contributed by atoms with Crippen LogP contribution in [0, 0.1) is 6.92 Å². The number of hydrogen-bond donors (Lipinski definition) is 2. The van der Waals surface area contributed by atoms with Crippen LogP contribution < -0.4 is 15.0 Å². The van der Waals surface area contributed by atoms with Gasteiger partial charge in [-0.1, -0.05) is 11.3 Å². The molecule has 3 heterocycles. The molecule has 0 saturated heterocycles. The van der Waals surface area contributed by atoms with Crippen LogP contribution in [0.5, 0.6) is 5.75 Å². The van der Waals surface area contributed by atoms with E-state index in [1.165, 1.54) is 11.3 Å². The van der Waals surface area contributed by atoms with Crippen molar-refractivity contribution in [3.05, 3.63) is 47.2 Å². The van der Waals surface area contributed by atoms with Gasteiger partial charge in [0.15, 0.2) is 11.2 Å². The van der Waals surface area contributed by atoms with Crippen molar-refractivity contribution < 1.29 is 24.2 Å². The Morgan fingerprint density at radius 1 is 1.28 bits per heavy atom. The number of carboxylic acids is 1. The number of aliphatic carboxylic acids is 1. The molecule has 5 rings (SSSR count). The highest BCUT2D eigenvalue weighted by atomic mass is 32.1. The Morgan fingerprint density at radius 2 is 2.05 bits per heavy atom. The zero-order valence-electron chi connectivity index (χ0n) is 22.9. The average Bonchev–Trinajstić information content (AvgIpc) is 3.30. The van der Waals surface area contributed by atoms with Gasteiger partial charge in [-0.05, 0) is 63.1 Å². The van der Waals surface area contributed by atoms with Gasteiger partial charge in [0.1, 0.15) is 5.75 Å². The van der Waals surface area contributed by atoms with Gasteiger partial charge in [-0.15, -0.1) is 0 Å². The number of ether oxygens (including phenoxy) is 2. The van der Waals surface area contributed by atoms with E-state index in [2.05, 4.69) is 5.32 Å². The van der Waals surface area contributed by atoms with Crippen molar-refractivity contribution in [1.29, 1.82) is 0 Å². The molecular formula is C29H32N4O5S. The van der Waals surface area contributed by atoms with Crippen LogP contribution in [0.3, 0.4) is 0 Å². The average molecular weight is 549 g/mol. The largest absolute Gasteiger partial charge is 0.493 e. The zero-order valence-corrected chi connectivity index (χ0v) is 23.7. The van der Waals surface area contributed by atoms with E-state index in [9.17, 15) is 14.7 Å². The van der Waals surface area contributed by atoms with Crippen LogP contribution in [0.2, 0.25) is 0 Å². The molecule has 0 spiro atoms. The fraction of sp³-hybridized carbons (Fsp3) is 0.379. The van der Waals surface area contributed by atoms with Gasteiger partial charge in [0.25, 0.3) is 0 Å². The number of likely N-dealkylation sites (N-methyl/N-ethyl adjacent to an activating group) is 2. The number of thiazole rings is 1. The van der Waals surface area contributed by atoms with Crippen molar-refractivity contribution in [3.8, 4) is 16.9 Å². The zero-order chi connectivity index (χ0) is 28.1. The molecule has 1 aliphatic rings. The summed E-state index contributed by atoms with van der Waals surface area (Å²) in [6.45, 7) is 8.16. The minimum absolute atomic E-state index is 0.133. The summed E-state index contributed by atoms with van der Waals surface area (Å²) in [5.74, 6) is -0.440. The van der Waals surface area contributed by atoms with Crippen LogP contribution in [-0.2, 0) is 20.7 Å². The van der Waals surface area contributed by atoms with Crippen molar-refractivity contribution in [2.24, 2.45) is 0 Å². The second-order valence-electron chi connectivity index (χ2n) is 10.7. The number of benzene rings is 2. The fourth-order valence-corrected chi connectivity index (χ4v) is 6.10. The van der Waals surface area contributed by atoms with Gasteiger partial charge < -0.3 is 24.8 Å². The van der Waals surface area contributed by atoms with E-state index < -0.39 is 17.7 Å². The maximum Gasteiger partial charge on any atom is 0.337 e. The molecule has 0 saturated carbocycles. The molecule has 1 atom stereocenters. The number of hydrogen-bond acceptors (Lipinski definition) is 8. The second-order valence-corrected chi connectivity index (χ2v) is 11.7. The van der Waals surface area contributed by atoms with E-state index in [0.717, 1.165) is 50.0 Å². The molecule has 0 fully saturated rings. The first-order valence-electron chi connectivity index (χ1n) is 12.8. The number of rotatable bonds is 7. The molecule has 39 heavy (non-hydrogen) atoms. The Balaban J connectivity index is 1.84. The van der Waals surface area contributed by atoms with E-state index in [1.54, 1.807) is 18.1 Å². The smallest absolute Gasteiger partial charge is 0.337 e. The second kappa shape index (κ2) is 10.1. The first-order chi connectivity index (χ1) is 18.5. The number of carbonyl (C=O) groups excluding carboxylic acids is 1. The lowest BCUT2D eigenvalue weighted by atomic mass is 9.89. The number of carboxylic acid groups (broad SMARTS) is 1. The minimum atomic E-state index is -1.22. The molecule has 0 radical (unpaired) electrons. The summed E-state index contributed by atoms with van der Waals surface area (Å²) in [6.07, 6.45) is 1.34. The minimum Gasteiger partial charge on any atom is -0.493 e. The number of anilines is 1. The van der Waals surface area contributed by atoms with Crippen LogP contribution >= 0.6 is 11.3 Å². The SMILES string of the molecule is CNC(=O)CN(C)c1nc2cc(C)c([C@H](OC(C)(C)C)C(=O)O)c(-c3ccc4c5c(ccnc35)CCO4)c2s1. The molecule has 0 unspecified atom stereocenters. The third kappa shape index (κ3) is 5.02. The van der Waals surface area contributed by atoms with Crippen LogP contribution in [0.15, 0.2) is 30.5 Å². The van der Waals surface area contributed by atoms with E-state index >= 15 is 0 Å². The van der Waals surface area contributed by atoms with Crippen molar-refractivity contribution in [2.75, 3.05) is 32.1 Å². The fourth-order valence-electron chi connectivity index (χ4n) is 5.02. The summed E-state index contributed by atoms with van der Waals surface area (Å²) in [4.78, 5) is 36.2. The Hall–Kier alpha value is -3.76. The summed E-state index contributed by atoms with van der Waals surface area (Å²) < 4.78 is 12.9. The lowest BCUT2D eigenvalue weighted by Gasteiger charge is -2.28. The van der Waals surface area contributed by atoms with Crippen molar-refractivity contribution in [2.45, 2.75) is 45.8 Å². The molecule has 1 aliphatic heterocycles. The van der Waals surface area contributed by atoms with Crippen LogP contribution in [0.25, 0.3) is 32.2 Å². The highest BCUT2D eigenvalue weighted by Gasteiger charge is 2.33. The highest BCUT2D eigenvalue weighted by Crippen LogP contribution is 2.47. The summed E-state index contributed by atoms with van der Waals surface area (Å²) in [6, 6.07) is 7.78. The molecule has 9 nitrogen and oxygen atoms in total. The molecule has 1 amide bonds. The number of amides is 1. The van der Waals surface area contributed by atoms with Crippen LogP contribution in [0.1, 0.15) is 43.6 Å². The predicted octanol–water partition coefficient (Wildman–Crippen LogP) is 4.88. The van der Waals surface area contributed by atoms with Crippen molar-refractivity contribution >= 4 is 49.5 Å². The van der Waals surface area contributed by atoms with E-state index in [0.29, 0.717) is 22.8 Å². The van der Waals surface area contributed by atoms with E-state index in [-0.39, 0.29) is 12.5 Å². The lowest BCUT2D eigenvalue weighted by molar-refractivity contribution is -0.160. The Bertz CT molecular complexity index is 1600. The maximum absolute atomic E-state index is 12.7. The number of nitrogens with one attached hydrogen (secondary N) is 1. The molecule has 0 aliphatic carbocycles. The molecular weight excluding hydrogens is 516 g/mol. The third-order valence-corrected chi connectivity index (χ3v) is 7.90. The van der Waals surface area contributed by atoms with Gasteiger partial charge in [-0.3, -0.25) is 9.78 Å². The van der Waals surface area contributed by atoms with Gasteiger partial charge in [0.05, 0.1) is 34.5 Å². The maximum atomic E-state index is 12.7. The topological polar surface area (TPSA) is 114 Å². The molecule has 0 bridgehead atoms. The summed E-state index contributed by atoms with van der Waals surface area (Å²) in [5.41, 5.74) is 4.71. The number of carbonyl (C=O) groups is 2. The van der Waals surface area contributed by atoms with Gasteiger partial charge in [-0.25, -0.2) is 9.78 Å². The monoisotopic (exact) mass is 548 g/mol. The van der Waals surface area contributed by atoms with Gasteiger partial charge in [0.2, 0.25) is 5.91 Å². The van der Waals surface area contributed by atoms with Crippen LogP contribution in [-0.4, -0.2) is 59.8 Å². The van der Waals surface area contributed by atoms with E-state index in [4.69, 9.17) is 19.4 Å². The van der Waals surface area contributed by atoms with Gasteiger partial charge >= 0.3 is 5.97 Å². The van der Waals surface area contributed by atoms with Gasteiger partial charge in [-0.2, -0.15) is 0 Å². The number of fused-ring (bicyclic) bond motifs is 1. The van der Waals surface area contributed by atoms with E-state index in [1.807, 2.05) is 59.0 Å². The number of aryl methyl sites for hydroxylation is 1. The quantitative estimate of drug-likeness (QED) is 0.336. The lowest BCUT2D eigenvalue weighted by Crippen LogP contribution is -2.32. The molecule has 2 aromatic carbocycles. The summed E-state index contributed by atoms with van der Waals surface area (Å²) in [5, 5.41) is 14.6. The number of aromatic nitrogens is 2. The summed E-state index contributed by atoms with van der Waals surface area (Å²) in [7, 11) is 3.41. The Morgan fingerprint density at radius 3 is 2.74 bits per heavy atom. The molecule has 2 N–H and O–H groups in total. The standard InChI is InChI=1S/C29H32N4O5S/c1-15-13-18-26(39-28(32-18)33(6)14-20(34)30-5)23(21(15)25(27(35)36)38-29(2,3)4)17-7-8-19-22-16(10-12-37-19)9-11-31-24(17)22/h7-9,11,13,25H,10,12,14H2,1-6H3,(H,30,34)(H,35,36)/t25-/m0/s1. The number of pyridine rings is 1. The van der Waals surface area contributed by atoms with Crippen LogP contribution in [0.4, 0.5) is 5.13 Å². The molecule has 10 heteroatoms. The first kappa shape index (κ1) is 26.8. The highest BCUT2D eigenvalue weighted by molar-refractivity contribution is 7.22. The van der Waals surface area contributed by atoms with Gasteiger partial charge in [0, 0.05) is 48.8 Å². The Labute approximate surface area is 230 Å². The molecule has 204 valence electrons. The molecule has 2 aromatic heterocycles. The third-order valence-electron chi connectivity index (χ3n) is 6.70. The van der Waals surface area contributed by atoms with Crippen molar-refractivity contribution in [1.82, 2.24) is 15.3 Å². The summed E-state index contributed by atoms with van der Waals surface area (Å²) >= 11 is 1.41. The first-order valence-corrected chi connectivity index (χ1v) is 13.6.